The van der Waals surface area contributed by atoms with Gasteiger partial charge in [-0.15, -0.1) is 11.3 Å². The van der Waals surface area contributed by atoms with E-state index in [1.54, 1.807) is 23.5 Å². The molecule has 1 saturated heterocycles. The van der Waals surface area contributed by atoms with E-state index in [-0.39, 0.29) is 11.7 Å². The van der Waals surface area contributed by atoms with Crippen molar-refractivity contribution in [3.05, 3.63) is 52.5 Å². The molecule has 1 aliphatic heterocycles. The van der Waals surface area contributed by atoms with Gasteiger partial charge in [-0.3, -0.25) is 4.79 Å². The Bertz CT molecular complexity index is 636. The number of carbonyl (C=O) groups is 1. The molecule has 0 spiro atoms. The molecule has 3 nitrogen and oxygen atoms in total. The van der Waals surface area contributed by atoms with Gasteiger partial charge in [0.25, 0.3) is 0 Å². The Balaban J connectivity index is 1.45. The van der Waals surface area contributed by atoms with Gasteiger partial charge in [0, 0.05) is 37.5 Å². The highest BCUT2D eigenvalue weighted by Gasteiger charge is 2.22. The first-order chi connectivity index (χ1) is 11.2. The molecule has 23 heavy (non-hydrogen) atoms. The predicted octanol–water partition coefficient (Wildman–Crippen LogP) is 3.56. The second-order valence-electron chi connectivity index (χ2n) is 5.75. The van der Waals surface area contributed by atoms with Gasteiger partial charge in [-0.1, -0.05) is 18.2 Å². The van der Waals surface area contributed by atoms with Crippen LogP contribution in [0.3, 0.4) is 0 Å². The summed E-state index contributed by atoms with van der Waals surface area (Å²) in [5.74, 6) is 0.0259. The van der Waals surface area contributed by atoms with E-state index in [1.807, 2.05) is 21.9 Å². The predicted molar refractivity (Wildman–Crippen MR) is 92.5 cm³/mol. The van der Waals surface area contributed by atoms with Crippen LogP contribution in [0.4, 0.5) is 10.1 Å². The second-order valence-corrected chi connectivity index (χ2v) is 6.78. The van der Waals surface area contributed by atoms with Crippen molar-refractivity contribution in [3.8, 4) is 0 Å². The number of halogens is 1. The molecule has 0 unspecified atom stereocenters. The van der Waals surface area contributed by atoms with Gasteiger partial charge in [-0.2, -0.15) is 0 Å². The maximum absolute atomic E-state index is 13.8. The Kier molecular flexibility index (Phi) is 5.28. The first-order valence-corrected chi connectivity index (χ1v) is 8.91. The van der Waals surface area contributed by atoms with Crippen LogP contribution in [0.2, 0.25) is 0 Å². The number of hydrogen-bond acceptors (Lipinski definition) is 3. The fourth-order valence-electron chi connectivity index (χ4n) is 2.93. The van der Waals surface area contributed by atoms with Gasteiger partial charge in [-0.05, 0) is 36.4 Å². The van der Waals surface area contributed by atoms with Crippen molar-refractivity contribution in [2.75, 3.05) is 31.1 Å². The molecular formula is C18H21FN2OS. The van der Waals surface area contributed by atoms with E-state index in [0.29, 0.717) is 38.3 Å². The lowest BCUT2D eigenvalue weighted by molar-refractivity contribution is -0.131. The Morgan fingerprint density at radius 3 is 2.57 bits per heavy atom. The molecule has 2 heterocycles. The van der Waals surface area contributed by atoms with Crippen molar-refractivity contribution in [1.82, 2.24) is 4.90 Å². The largest absolute Gasteiger partial charge is 0.366 e. The van der Waals surface area contributed by atoms with E-state index in [4.69, 9.17) is 0 Å². The summed E-state index contributed by atoms with van der Waals surface area (Å²) in [5.41, 5.74) is 0.636. The fourth-order valence-corrected chi connectivity index (χ4v) is 3.68. The quantitative estimate of drug-likeness (QED) is 0.836. The molecule has 1 aliphatic rings. The van der Waals surface area contributed by atoms with Gasteiger partial charge in [0.2, 0.25) is 5.91 Å². The van der Waals surface area contributed by atoms with Crippen molar-refractivity contribution in [1.29, 1.82) is 0 Å². The van der Waals surface area contributed by atoms with Gasteiger partial charge in [0.05, 0.1) is 5.69 Å². The van der Waals surface area contributed by atoms with E-state index < -0.39 is 0 Å². The van der Waals surface area contributed by atoms with E-state index in [9.17, 15) is 9.18 Å². The molecule has 0 aliphatic carbocycles. The molecule has 0 atom stereocenters. The van der Waals surface area contributed by atoms with Crippen LogP contribution >= 0.6 is 11.3 Å². The molecule has 0 bridgehead atoms. The normalized spacial score (nSPS) is 15.0. The van der Waals surface area contributed by atoms with E-state index >= 15 is 0 Å². The van der Waals surface area contributed by atoms with Crippen molar-refractivity contribution in [3.63, 3.8) is 0 Å². The lowest BCUT2D eigenvalue weighted by atomic mass is 10.2. The zero-order chi connectivity index (χ0) is 16.1. The van der Waals surface area contributed by atoms with Crippen molar-refractivity contribution in [2.45, 2.75) is 19.3 Å². The Labute approximate surface area is 140 Å². The highest BCUT2D eigenvalue weighted by molar-refractivity contribution is 7.09. The smallest absolute Gasteiger partial charge is 0.222 e. The van der Waals surface area contributed by atoms with Crippen LogP contribution in [0, 0.1) is 5.82 Å². The summed E-state index contributed by atoms with van der Waals surface area (Å²) in [5, 5.41) is 2.07. The number of nitrogens with zero attached hydrogens (tertiary/aromatic N) is 2. The Hall–Kier alpha value is -1.88. The topological polar surface area (TPSA) is 23.6 Å². The Morgan fingerprint density at radius 2 is 1.87 bits per heavy atom. The summed E-state index contributed by atoms with van der Waals surface area (Å²) < 4.78 is 13.8. The molecule has 0 radical (unpaired) electrons. The number of piperazine rings is 1. The van der Waals surface area contributed by atoms with Crippen LogP contribution in [0.1, 0.15) is 17.7 Å². The zero-order valence-corrected chi connectivity index (χ0v) is 13.9. The number of rotatable bonds is 5. The molecule has 0 N–H and O–H groups in total. The third-order valence-corrected chi connectivity index (χ3v) is 5.16. The summed E-state index contributed by atoms with van der Waals surface area (Å²) in [6.45, 7) is 2.73. The summed E-state index contributed by atoms with van der Waals surface area (Å²) >= 11 is 1.74. The number of thiophene rings is 1. The van der Waals surface area contributed by atoms with Gasteiger partial charge in [0.15, 0.2) is 0 Å². The SMILES string of the molecule is O=C(CCCc1cccs1)N1CCN(c2ccccc2F)CC1. The molecule has 1 aromatic heterocycles. The number of benzene rings is 1. The molecule has 1 amide bonds. The summed E-state index contributed by atoms with van der Waals surface area (Å²) in [4.78, 5) is 17.5. The molecule has 5 heteroatoms. The monoisotopic (exact) mass is 332 g/mol. The first kappa shape index (κ1) is 16.0. The minimum absolute atomic E-state index is 0.191. The summed E-state index contributed by atoms with van der Waals surface area (Å²) in [7, 11) is 0. The highest BCUT2D eigenvalue weighted by atomic mass is 32.1. The highest BCUT2D eigenvalue weighted by Crippen LogP contribution is 2.20. The number of hydrogen-bond donors (Lipinski definition) is 0. The summed E-state index contributed by atoms with van der Waals surface area (Å²) in [6.07, 6.45) is 2.46. The van der Waals surface area contributed by atoms with Gasteiger partial charge < -0.3 is 9.80 Å². The van der Waals surface area contributed by atoms with Gasteiger partial charge in [-0.25, -0.2) is 4.39 Å². The van der Waals surface area contributed by atoms with Crippen LogP contribution in [-0.2, 0) is 11.2 Å². The van der Waals surface area contributed by atoms with Crippen LogP contribution in [-0.4, -0.2) is 37.0 Å². The lowest BCUT2D eigenvalue weighted by Gasteiger charge is -2.36. The van der Waals surface area contributed by atoms with Crippen LogP contribution in [0.25, 0.3) is 0 Å². The first-order valence-electron chi connectivity index (χ1n) is 8.03. The number of aryl methyl sites for hydroxylation is 1. The number of para-hydroxylation sites is 1. The fraction of sp³-hybridized carbons (Fsp3) is 0.389. The summed E-state index contributed by atoms with van der Waals surface area (Å²) in [6, 6.07) is 11.0. The standard InChI is InChI=1S/C18H21FN2OS/c19-16-7-1-2-8-17(16)20-10-12-21(13-11-20)18(22)9-3-5-15-6-4-14-23-15/h1-2,4,6-8,14H,3,5,9-13H2. The van der Waals surface area contributed by atoms with E-state index in [1.165, 1.54) is 10.9 Å². The number of carbonyl (C=O) groups excluding carboxylic acids is 1. The zero-order valence-electron chi connectivity index (χ0n) is 13.1. The van der Waals surface area contributed by atoms with E-state index in [2.05, 4.69) is 11.4 Å². The third-order valence-electron chi connectivity index (χ3n) is 4.22. The van der Waals surface area contributed by atoms with Crippen molar-refractivity contribution < 1.29 is 9.18 Å². The van der Waals surface area contributed by atoms with Gasteiger partial charge in [0.1, 0.15) is 5.82 Å². The second kappa shape index (κ2) is 7.59. The van der Waals surface area contributed by atoms with Crippen LogP contribution < -0.4 is 4.90 Å². The van der Waals surface area contributed by atoms with E-state index in [0.717, 1.165) is 12.8 Å². The molecular weight excluding hydrogens is 311 g/mol. The maximum Gasteiger partial charge on any atom is 0.222 e. The van der Waals surface area contributed by atoms with Crippen LogP contribution in [0.15, 0.2) is 41.8 Å². The van der Waals surface area contributed by atoms with Crippen molar-refractivity contribution >= 4 is 22.9 Å². The van der Waals surface area contributed by atoms with Crippen molar-refractivity contribution in [2.24, 2.45) is 0 Å². The lowest BCUT2D eigenvalue weighted by Crippen LogP contribution is -2.49. The molecule has 2 aromatic rings. The minimum Gasteiger partial charge on any atom is -0.366 e. The van der Waals surface area contributed by atoms with Crippen LogP contribution in [0.5, 0.6) is 0 Å². The third kappa shape index (κ3) is 4.10. The maximum atomic E-state index is 13.8. The minimum atomic E-state index is -0.191. The molecule has 122 valence electrons. The number of amides is 1. The molecule has 1 fully saturated rings. The average Bonchev–Trinajstić information content (AvgIpc) is 3.09. The number of anilines is 1. The van der Waals surface area contributed by atoms with Gasteiger partial charge >= 0.3 is 0 Å². The average molecular weight is 332 g/mol. The molecule has 3 rings (SSSR count). The molecule has 1 aromatic carbocycles. The molecule has 0 saturated carbocycles. The Morgan fingerprint density at radius 1 is 1.09 bits per heavy atom.